The molecule has 0 saturated carbocycles. The summed E-state index contributed by atoms with van der Waals surface area (Å²) < 4.78 is 11.9. The maximum absolute atomic E-state index is 14.1. The summed E-state index contributed by atoms with van der Waals surface area (Å²) in [5, 5.41) is 2.86. The van der Waals surface area contributed by atoms with Crippen molar-refractivity contribution in [1.82, 2.24) is 15.1 Å². The van der Waals surface area contributed by atoms with E-state index in [1.807, 2.05) is 25.7 Å². The number of likely N-dealkylation sites (tertiary alicyclic amines) is 1. The molecule has 1 unspecified atom stereocenters. The lowest BCUT2D eigenvalue weighted by Crippen LogP contribution is -2.55. The van der Waals surface area contributed by atoms with Crippen LogP contribution in [0, 0.1) is 6.92 Å². The van der Waals surface area contributed by atoms with Gasteiger partial charge in [-0.1, -0.05) is 34.2 Å². The second-order valence-corrected chi connectivity index (χ2v) is 12.7. The number of aryl methyl sites for hydroxylation is 1. The molecule has 0 spiro atoms. The number of nitrogens with zero attached hydrogens (tertiary/aromatic N) is 3. The van der Waals surface area contributed by atoms with E-state index in [-0.39, 0.29) is 42.9 Å². The van der Waals surface area contributed by atoms with E-state index >= 15 is 0 Å². The van der Waals surface area contributed by atoms with Gasteiger partial charge in [-0.25, -0.2) is 4.79 Å². The summed E-state index contributed by atoms with van der Waals surface area (Å²) in [5.74, 6) is -0.00200. The van der Waals surface area contributed by atoms with Crippen LogP contribution in [0.3, 0.4) is 0 Å². The summed E-state index contributed by atoms with van der Waals surface area (Å²) in [4.78, 5) is 57.0. The number of nitrogens with one attached hydrogen (secondary N) is 1. The van der Waals surface area contributed by atoms with Crippen molar-refractivity contribution in [3.63, 3.8) is 0 Å². The summed E-state index contributed by atoms with van der Waals surface area (Å²) in [5.41, 5.74) is -0.169. The quantitative estimate of drug-likeness (QED) is 0.303. The van der Waals surface area contributed by atoms with E-state index in [0.29, 0.717) is 40.9 Å². The normalized spacial score (nSPS) is 19.0. The maximum atomic E-state index is 14.1. The van der Waals surface area contributed by atoms with E-state index in [1.165, 1.54) is 0 Å². The minimum absolute atomic E-state index is 0.0761. The molecule has 2 atom stereocenters. The molecule has 3 rings (SSSR count). The van der Waals surface area contributed by atoms with Crippen molar-refractivity contribution in [3.8, 4) is 5.75 Å². The molecule has 1 fully saturated rings. The third-order valence-corrected chi connectivity index (χ3v) is 7.66. The van der Waals surface area contributed by atoms with Crippen molar-refractivity contribution in [1.29, 1.82) is 0 Å². The van der Waals surface area contributed by atoms with Crippen molar-refractivity contribution >= 4 is 63.7 Å². The van der Waals surface area contributed by atoms with Crippen LogP contribution < -0.4 is 15.0 Å². The topological polar surface area (TPSA) is 108 Å². The zero-order chi connectivity index (χ0) is 29.8. The molecule has 0 aliphatic carbocycles. The van der Waals surface area contributed by atoms with Crippen molar-refractivity contribution in [2.24, 2.45) is 0 Å². The molecule has 40 heavy (non-hydrogen) atoms. The monoisotopic (exact) mass is 690 g/mol. The Kier molecular flexibility index (Phi) is 11.0. The van der Waals surface area contributed by atoms with E-state index in [1.54, 1.807) is 42.7 Å². The van der Waals surface area contributed by atoms with E-state index in [0.717, 1.165) is 18.4 Å². The SMILES string of the molecule is Cc1cc2c(cc1C(=O)N(C(C)C)[C@@H]1CCCN(C(=O)OC(C)Cl)C1)N(CCNC(=O)CCI)C(=O)C(C)(C)O2. The highest BCUT2D eigenvalue weighted by Crippen LogP contribution is 2.40. The van der Waals surface area contributed by atoms with Gasteiger partial charge in [0.05, 0.1) is 11.7 Å². The van der Waals surface area contributed by atoms with Crippen LogP contribution in [0.2, 0.25) is 0 Å². The molecule has 222 valence electrons. The van der Waals surface area contributed by atoms with E-state index < -0.39 is 17.3 Å². The van der Waals surface area contributed by atoms with Crippen LogP contribution in [0.25, 0.3) is 0 Å². The third kappa shape index (κ3) is 7.51. The highest BCUT2D eigenvalue weighted by atomic mass is 127. The fraction of sp³-hybridized carbons (Fsp3) is 0.643. The first kappa shape index (κ1) is 32.2. The molecule has 0 bridgehead atoms. The highest BCUT2D eigenvalue weighted by Gasteiger charge is 2.42. The van der Waals surface area contributed by atoms with Crippen LogP contribution in [-0.2, 0) is 14.3 Å². The van der Waals surface area contributed by atoms with Crippen LogP contribution in [-0.4, -0.2) is 87.5 Å². The van der Waals surface area contributed by atoms with Crippen LogP contribution >= 0.6 is 34.2 Å². The fourth-order valence-corrected chi connectivity index (χ4v) is 5.74. The first-order valence-electron chi connectivity index (χ1n) is 13.7. The molecule has 1 aromatic rings. The minimum Gasteiger partial charge on any atom is -0.476 e. The second kappa shape index (κ2) is 13.6. The Bertz CT molecular complexity index is 1130. The summed E-state index contributed by atoms with van der Waals surface area (Å²) in [6, 6.07) is 3.16. The largest absolute Gasteiger partial charge is 0.476 e. The predicted octanol–water partition coefficient (Wildman–Crippen LogP) is 4.48. The number of piperidine rings is 1. The van der Waals surface area contributed by atoms with Gasteiger partial charge in [0.2, 0.25) is 5.91 Å². The van der Waals surface area contributed by atoms with Crippen molar-refractivity contribution in [3.05, 3.63) is 23.3 Å². The molecule has 1 N–H and O–H groups in total. The smallest absolute Gasteiger partial charge is 0.411 e. The first-order valence-corrected chi connectivity index (χ1v) is 15.6. The Morgan fingerprint density at radius 2 is 1.98 bits per heavy atom. The van der Waals surface area contributed by atoms with Crippen LogP contribution in [0.1, 0.15) is 69.8 Å². The number of carbonyl (C=O) groups excluding carboxylic acids is 4. The van der Waals surface area contributed by atoms with Gasteiger partial charge in [0.25, 0.3) is 11.8 Å². The fourth-order valence-electron chi connectivity index (χ4n) is 5.17. The number of hydrogen-bond donors (Lipinski definition) is 1. The van der Waals surface area contributed by atoms with E-state index in [2.05, 4.69) is 27.9 Å². The Labute approximate surface area is 255 Å². The van der Waals surface area contributed by atoms with Gasteiger partial charge in [0, 0.05) is 48.6 Å². The summed E-state index contributed by atoms with van der Waals surface area (Å²) in [6.45, 7) is 12.1. The maximum Gasteiger partial charge on any atom is 0.411 e. The number of halogens is 2. The number of anilines is 1. The second-order valence-electron chi connectivity index (χ2n) is 11.0. The average molecular weight is 691 g/mol. The van der Waals surface area contributed by atoms with Gasteiger partial charge in [-0.05, 0) is 72.1 Å². The van der Waals surface area contributed by atoms with Gasteiger partial charge in [0.15, 0.2) is 11.2 Å². The highest BCUT2D eigenvalue weighted by molar-refractivity contribution is 14.1. The number of alkyl halides is 2. The van der Waals surface area contributed by atoms with Crippen LogP contribution in [0.4, 0.5) is 10.5 Å². The first-order chi connectivity index (χ1) is 18.8. The molecular weight excluding hydrogens is 651 g/mol. The number of ether oxygens (including phenoxy) is 2. The van der Waals surface area contributed by atoms with Crippen LogP contribution in [0.15, 0.2) is 12.1 Å². The van der Waals surface area contributed by atoms with Gasteiger partial charge in [-0.15, -0.1) is 0 Å². The number of hydrogen-bond acceptors (Lipinski definition) is 6. The molecule has 2 aliphatic heterocycles. The molecule has 2 aliphatic rings. The summed E-state index contributed by atoms with van der Waals surface area (Å²) in [7, 11) is 0. The van der Waals surface area contributed by atoms with Crippen molar-refractivity contribution in [2.75, 3.05) is 35.5 Å². The standard InChI is InChI=1S/C28H40ClIN4O6/c1-17(2)34(20-8-7-12-32(16-20)27(38)39-19(4)29)25(36)21-15-22-23(14-18(21)3)40-28(5,6)26(37)33(22)13-11-31-24(35)9-10-30/h14-15,17,19-20H,7-13,16H2,1-6H3,(H,31,35)/t19?,20-/m1/s1. The third-order valence-electron chi connectivity index (χ3n) is 7.03. The number of benzene rings is 1. The lowest BCUT2D eigenvalue weighted by molar-refractivity contribution is -0.132. The number of rotatable bonds is 9. The van der Waals surface area contributed by atoms with E-state index in [4.69, 9.17) is 21.1 Å². The molecule has 4 amide bonds. The van der Waals surface area contributed by atoms with Gasteiger partial charge in [-0.2, -0.15) is 0 Å². The molecular formula is C28H40ClIN4O6. The van der Waals surface area contributed by atoms with Gasteiger partial charge in [-0.3, -0.25) is 14.4 Å². The molecule has 12 heteroatoms. The summed E-state index contributed by atoms with van der Waals surface area (Å²) in [6.07, 6.45) is 1.38. The summed E-state index contributed by atoms with van der Waals surface area (Å²) >= 11 is 8.00. The Morgan fingerprint density at radius 1 is 1.27 bits per heavy atom. The van der Waals surface area contributed by atoms with Gasteiger partial charge >= 0.3 is 6.09 Å². The molecule has 1 aromatic carbocycles. The molecule has 2 heterocycles. The zero-order valence-corrected chi connectivity index (χ0v) is 27.0. The Balaban J connectivity index is 1.91. The lowest BCUT2D eigenvalue weighted by atomic mass is 9.97. The Morgan fingerprint density at radius 3 is 2.60 bits per heavy atom. The zero-order valence-electron chi connectivity index (χ0n) is 24.1. The van der Waals surface area contributed by atoms with Crippen molar-refractivity contribution in [2.45, 2.75) is 84.1 Å². The molecule has 1 saturated heterocycles. The Hall–Kier alpha value is -2.28. The van der Waals surface area contributed by atoms with E-state index in [9.17, 15) is 19.2 Å². The minimum atomic E-state index is -1.10. The lowest BCUT2D eigenvalue weighted by Gasteiger charge is -2.42. The predicted molar refractivity (Wildman–Crippen MR) is 162 cm³/mol. The number of fused-ring (bicyclic) bond motifs is 1. The molecule has 0 radical (unpaired) electrons. The molecule has 0 aromatic heterocycles. The average Bonchev–Trinajstić information content (AvgIpc) is 2.85. The number of carbonyl (C=O) groups is 4. The van der Waals surface area contributed by atoms with Crippen molar-refractivity contribution < 1.29 is 28.7 Å². The van der Waals surface area contributed by atoms with Gasteiger partial charge in [0.1, 0.15) is 5.75 Å². The number of amides is 4. The van der Waals surface area contributed by atoms with Gasteiger partial charge < -0.3 is 29.5 Å². The molecule has 10 nitrogen and oxygen atoms in total. The van der Waals surface area contributed by atoms with Crippen LogP contribution in [0.5, 0.6) is 5.75 Å².